The quantitative estimate of drug-likeness (QED) is 0.125. The molecule has 0 unspecified atom stereocenters. The van der Waals surface area contributed by atoms with Gasteiger partial charge >= 0.3 is 0 Å². The summed E-state index contributed by atoms with van der Waals surface area (Å²) in [6, 6.07) is 0. The molecule has 32 heavy (non-hydrogen) atoms. The lowest BCUT2D eigenvalue weighted by atomic mass is 10.2. The number of amides is 5. The van der Waals surface area contributed by atoms with E-state index < -0.39 is 11.8 Å². The molecule has 0 saturated heterocycles. The average Bonchev–Trinajstić information content (AvgIpc) is 3.10. The second-order valence-corrected chi connectivity index (χ2v) is 7.07. The molecule has 3 N–H and O–H groups in total. The van der Waals surface area contributed by atoms with Gasteiger partial charge in [0, 0.05) is 51.2 Å². The first-order valence-electron chi connectivity index (χ1n) is 10.9. The summed E-state index contributed by atoms with van der Waals surface area (Å²) in [6.07, 6.45) is 7.27. The van der Waals surface area contributed by atoms with Gasteiger partial charge in [-0.15, -0.1) is 0 Å². The van der Waals surface area contributed by atoms with Crippen molar-refractivity contribution >= 4 is 30.0 Å². The maximum absolute atomic E-state index is 11.7. The molecule has 5 amide bonds. The largest absolute Gasteiger partial charge is 0.379 e. The highest BCUT2D eigenvalue weighted by molar-refractivity contribution is 6.13. The molecule has 11 nitrogen and oxygen atoms in total. The van der Waals surface area contributed by atoms with Gasteiger partial charge in [0.2, 0.25) is 18.2 Å². The van der Waals surface area contributed by atoms with Gasteiger partial charge in [-0.25, -0.2) is 0 Å². The van der Waals surface area contributed by atoms with Crippen molar-refractivity contribution in [2.24, 2.45) is 0 Å². The van der Waals surface area contributed by atoms with Crippen LogP contribution < -0.4 is 16.0 Å². The lowest BCUT2D eigenvalue weighted by Gasteiger charge is -2.13. The number of rotatable bonds is 20. The SMILES string of the molecule is O=CNCCCCCCNC(=O)CCOCCOCCNC(=O)CCN1C(=O)C=CC1=O. The van der Waals surface area contributed by atoms with Crippen LogP contribution in [0, 0.1) is 0 Å². The summed E-state index contributed by atoms with van der Waals surface area (Å²) < 4.78 is 10.7. The van der Waals surface area contributed by atoms with Crippen LogP contribution in [0.2, 0.25) is 0 Å². The number of carbonyl (C=O) groups excluding carboxylic acids is 5. The summed E-state index contributed by atoms with van der Waals surface area (Å²) in [4.78, 5) is 57.2. The van der Waals surface area contributed by atoms with E-state index in [0.717, 1.165) is 30.6 Å². The van der Waals surface area contributed by atoms with Gasteiger partial charge in [-0.1, -0.05) is 12.8 Å². The van der Waals surface area contributed by atoms with Gasteiger partial charge in [0.15, 0.2) is 0 Å². The van der Waals surface area contributed by atoms with Crippen molar-refractivity contribution in [2.45, 2.75) is 38.5 Å². The third-order valence-corrected chi connectivity index (χ3v) is 4.53. The van der Waals surface area contributed by atoms with Crippen LogP contribution in [0.15, 0.2) is 12.2 Å². The standard InChI is InChI=1S/C21H34N4O7/c26-17-22-9-3-1-2-4-10-23-19(28)8-13-31-15-16-32-14-11-24-18(27)7-12-25-20(29)5-6-21(25)30/h5-6,17H,1-4,7-16H2,(H,22,26)(H,23,28)(H,24,27). The highest BCUT2D eigenvalue weighted by Crippen LogP contribution is 2.03. The van der Waals surface area contributed by atoms with E-state index in [1.165, 1.54) is 12.2 Å². The molecule has 180 valence electrons. The number of unbranched alkanes of at least 4 members (excludes halogenated alkanes) is 3. The Morgan fingerprint density at radius 2 is 1.38 bits per heavy atom. The second kappa shape index (κ2) is 17.8. The van der Waals surface area contributed by atoms with E-state index in [1.54, 1.807) is 0 Å². The fourth-order valence-electron chi connectivity index (χ4n) is 2.78. The monoisotopic (exact) mass is 454 g/mol. The fourth-order valence-corrected chi connectivity index (χ4v) is 2.78. The van der Waals surface area contributed by atoms with E-state index in [9.17, 15) is 24.0 Å². The van der Waals surface area contributed by atoms with Crippen molar-refractivity contribution in [1.82, 2.24) is 20.9 Å². The van der Waals surface area contributed by atoms with Crippen molar-refractivity contribution in [3.05, 3.63) is 12.2 Å². The predicted octanol–water partition coefficient (Wildman–Crippen LogP) is -0.736. The van der Waals surface area contributed by atoms with Gasteiger partial charge in [0.1, 0.15) is 0 Å². The molecule has 0 radical (unpaired) electrons. The van der Waals surface area contributed by atoms with E-state index in [4.69, 9.17) is 9.47 Å². The van der Waals surface area contributed by atoms with Crippen molar-refractivity contribution in [3.63, 3.8) is 0 Å². The molecule has 0 aliphatic carbocycles. The molecular weight excluding hydrogens is 420 g/mol. The first-order chi connectivity index (χ1) is 15.5. The predicted molar refractivity (Wildman–Crippen MR) is 115 cm³/mol. The second-order valence-electron chi connectivity index (χ2n) is 7.07. The van der Waals surface area contributed by atoms with Crippen molar-refractivity contribution in [2.75, 3.05) is 52.6 Å². The Morgan fingerprint density at radius 3 is 2.06 bits per heavy atom. The Bertz CT molecular complexity index is 622. The summed E-state index contributed by atoms with van der Waals surface area (Å²) in [6.45, 7) is 3.01. The summed E-state index contributed by atoms with van der Waals surface area (Å²) >= 11 is 0. The first-order valence-corrected chi connectivity index (χ1v) is 10.9. The Balaban J connectivity index is 1.83. The maximum atomic E-state index is 11.7. The third kappa shape index (κ3) is 13.5. The summed E-state index contributed by atoms with van der Waals surface area (Å²) in [7, 11) is 0. The van der Waals surface area contributed by atoms with E-state index in [2.05, 4.69) is 16.0 Å². The minimum Gasteiger partial charge on any atom is -0.379 e. The normalized spacial score (nSPS) is 12.8. The number of nitrogens with one attached hydrogen (secondary N) is 3. The molecule has 1 aliphatic heterocycles. The number of imide groups is 1. The van der Waals surface area contributed by atoms with Crippen LogP contribution in [0.1, 0.15) is 38.5 Å². The van der Waals surface area contributed by atoms with Gasteiger partial charge in [-0.05, 0) is 12.8 Å². The summed E-state index contributed by atoms with van der Waals surface area (Å²) in [5, 5.41) is 8.10. The summed E-state index contributed by atoms with van der Waals surface area (Å²) in [5.74, 6) is -1.12. The van der Waals surface area contributed by atoms with Crippen molar-refractivity contribution in [1.29, 1.82) is 0 Å². The molecule has 1 heterocycles. The summed E-state index contributed by atoms with van der Waals surface area (Å²) in [5.41, 5.74) is 0. The molecule has 11 heteroatoms. The molecular formula is C21H34N4O7. The van der Waals surface area contributed by atoms with Crippen molar-refractivity contribution in [3.8, 4) is 0 Å². The molecule has 0 atom stereocenters. The number of ether oxygens (including phenoxy) is 2. The topological polar surface area (TPSA) is 143 Å². The highest BCUT2D eigenvalue weighted by atomic mass is 16.5. The molecule has 0 bridgehead atoms. The third-order valence-electron chi connectivity index (χ3n) is 4.53. The molecule has 0 aromatic rings. The van der Waals surface area contributed by atoms with E-state index in [1.807, 2.05) is 0 Å². The zero-order valence-electron chi connectivity index (χ0n) is 18.4. The van der Waals surface area contributed by atoms with Gasteiger partial charge in [-0.3, -0.25) is 28.9 Å². The molecule has 0 aromatic heterocycles. The van der Waals surface area contributed by atoms with Gasteiger partial charge in [0.05, 0.1) is 26.4 Å². The van der Waals surface area contributed by atoms with Crippen LogP contribution in [0.5, 0.6) is 0 Å². The van der Waals surface area contributed by atoms with E-state index in [-0.39, 0.29) is 31.2 Å². The van der Waals surface area contributed by atoms with Gasteiger partial charge < -0.3 is 25.4 Å². The Kier molecular flexibility index (Phi) is 15.2. The number of carbonyl (C=O) groups is 5. The Hall–Kier alpha value is -2.79. The highest BCUT2D eigenvalue weighted by Gasteiger charge is 2.23. The van der Waals surface area contributed by atoms with Crippen LogP contribution in [0.3, 0.4) is 0 Å². The molecule has 0 aromatic carbocycles. The van der Waals surface area contributed by atoms with Crippen LogP contribution >= 0.6 is 0 Å². The van der Waals surface area contributed by atoms with Crippen molar-refractivity contribution < 1.29 is 33.4 Å². The van der Waals surface area contributed by atoms with E-state index >= 15 is 0 Å². The smallest absolute Gasteiger partial charge is 0.253 e. The van der Waals surface area contributed by atoms with E-state index in [0.29, 0.717) is 52.5 Å². The number of nitrogens with zero attached hydrogens (tertiary/aromatic N) is 1. The zero-order valence-corrected chi connectivity index (χ0v) is 18.4. The number of hydrogen-bond acceptors (Lipinski definition) is 7. The molecule has 0 spiro atoms. The lowest BCUT2D eigenvalue weighted by molar-refractivity contribution is -0.137. The molecule has 1 rings (SSSR count). The lowest BCUT2D eigenvalue weighted by Crippen LogP contribution is -2.35. The minimum atomic E-state index is -0.403. The minimum absolute atomic E-state index is 0.0449. The van der Waals surface area contributed by atoms with Gasteiger partial charge in [-0.2, -0.15) is 0 Å². The van der Waals surface area contributed by atoms with Crippen LogP contribution in [0.25, 0.3) is 0 Å². The van der Waals surface area contributed by atoms with Crippen LogP contribution in [0.4, 0.5) is 0 Å². The van der Waals surface area contributed by atoms with Crippen LogP contribution in [-0.4, -0.2) is 87.5 Å². The van der Waals surface area contributed by atoms with Gasteiger partial charge in [0.25, 0.3) is 11.8 Å². The average molecular weight is 455 g/mol. The Morgan fingerprint density at radius 1 is 0.781 bits per heavy atom. The Labute approximate surface area is 188 Å². The molecule has 0 saturated carbocycles. The zero-order chi connectivity index (χ0) is 23.4. The first kappa shape index (κ1) is 27.2. The molecule has 1 aliphatic rings. The van der Waals surface area contributed by atoms with Crippen LogP contribution in [-0.2, 0) is 33.4 Å². The number of hydrogen-bond donors (Lipinski definition) is 3. The maximum Gasteiger partial charge on any atom is 0.253 e. The molecule has 0 fully saturated rings. The fraction of sp³-hybridized carbons (Fsp3) is 0.667.